The molecule has 0 spiro atoms. The number of rotatable bonds is 2. The number of carboxylic acids is 3. The van der Waals surface area contributed by atoms with E-state index in [0.29, 0.717) is 0 Å². The standard InChI is InChI=1S/C3H6O3.C3H4O3.C2H4O2.CH2O2/c2*1-2(4)3(5)6;1-2(3)4;2-1-3/h2,4H,1H3,(H,5,6);1H3,(H,5,6);1H3,(H,3,4);1H,(H,2,3). The minimum atomic E-state index is -1.38. The smallest absolute Gasteiger partial charge is 0.371 e. The fraction of sp³-hybridized carbons (Fsp3) is 0.444. The number of aliphatic hydroxyl groups excluding tert-OH is 1. The molecular formula is C9H16O10. The number of hydrogen-bond donors (Lipinski definition) is 5. The predicted octanol–water partition coefficient (Wildman–Crippen LogP) is -1.10. The molecule has 5 N–H and O–H groups in total. The summed E-state index contributed by atoms with van der Waals surface area (Å²) < 4.78 is 0. The molecule has 19 heavy (non-hydrogen) atoms. The molecule has 0 fully saturated rings. The van der Waals surface area contributed by atoms with Crippen LogP contribution in [0.4, 0.5) is 0 Å². The number of aliphatic carboxylic acids is 3. The van der Waals surface area contributed by atoms with Crippen LogP contribution in [0.5, 0.6) is 0 Å². The largest absolute Gasteiger partial charge is 0.483 e. The fourth-order valence-corrected chi connectivity index (χ4v) is 0. The first-order valence-corrected chi connectivity index (χ1v) is 4.36. The van der Waals surface area contributed by atoms with Gasteiger partial charge in [0.05, 0.1) is 0 Å². The minimum Gasteiger partial charge on any atom is -0.483 e. The molecule has 0 saturated carbocycles. The minimum absolute atomic E-state index is 0.250. The summed E-state index contributed by atoms with van der Waals surface area (Å²) in [5.41, 5.74) is 0. The Labute approximate surface area is 107 Å². The average molecular weight is 284 g/mol. The normalized spacial score (nSPS) is 8.63. The van der Waals surface area contributed by atoms with Gasteiger partial charge in [0, 0.05) is 13.8 Å². The van der Waals surface area contributed by atoms with Crippen molar-refractivity contribution in [3.05, 3.63) is 0 Å². The number of aliphatic hydroxyl groups is 1. The summed E-state index contributed by atoms with van der Waals surface area (Å²) >= 11 is 0. The van der Waals surface area contributed by atoms with Crippen molar-refractivity contribution in [2.24, 2.45) is 0 Å². The van der Waals surface area contributed by atoms with Crippen LogP contribution in [0.15, 0.2) is 0 Å². The van der Waals surface area contributed by atoms with Crippen LogP contribution in [-0.4, -0.2) is 61.8 Å². The van der Waals surface area contributed by atoms with Crippen LogP contribution in [0, 0.1) is 0 Å². The van der Waals surface area contributed by atoms with Crippen LogP contribution < -0.4 is 0 Å². The third-order valence-electron chi connectivity index (χ3n) is 0.659. The summed E-state index contributed by atoms with van der Waals surface area (Å²) in [4.78, 5) is 45.7. The van der Waals surface area contributed by atoms with Crippen LogP contribution in [-0.2, 0) is 24.0 Å². The Hall–Kier alpha value is -2.49. The maximum absolute atomic E-state index is 9.54. The lowest BCUT2D eigenvalue weighted by Crippen LogP contribution is -2.13. The number of carbonyl (C=O) groups is 5. The van der Waals surface area contributed by atoms with Crippen molar-refractivity contribution in [2.45, 2.75) is 26.9 Å². The van der Waals surface area contributed by atoms with Gasteiger partial charge in [-0.15, -0.1) is 0 Å². The fourth-order valence-electron chi connectivity index (χ4n) is 0. The zero-order valence-corrected chi connectivity index (χ0v) is 10.4. The third-order valence-corrected chi connectivity index (χ3v) is 0.659. The Morgan fingerprint density at radius 1 is 1.00 bits per heavy atom. The SMILES string of the molecule is CC(=O)C(=O)O.CC(=O)O.CC(O)C(=O)O.O=CO. The van der Waals surface area contributed by atoms with Crippen LogP contribution in [0.2, 0.25) is 0 Å². The van der Waals surface area contributed by atoms with Crippen LogP contribution in [0.25, 0.3) is 0 Å². The van der Waals surface area contributed by atoms with E-state index in [0.717, 1.165) is 13.8 Å². The van der Waals surface area contributed by atoms with Crippen molar-refractivity contribution in [1.82, 2.24) is 0 Å². The summed E-state index contributed by atoms with van der Waals surface area (Å²) in [7, 11) is 0. The van der Waals surface area contributed by atoms with Gasteiger partial charge in [-0.3, -0.25) is 14.4 Å². The summed E-state index contributed by atoms with van der Waals surface area (Å²) in [6.07, 6.45) is -1.23. The van der Waals surface area contributed by atoms with Gasteiger partial charge < -0.3 is 25.5 Å². The van der Waals surface area contributed by atoms with Gasteiger partial charge in [0.25, 0.3) is 12.4 Å². The maximum Gasteiger partial charge on any atom is 0.371 e. The van der Waals surface area contributed by atoms with E-state index in [-0.39, 0.29) is 6.47 Å². The third kappa shape index (κ3) is 93.2. The van der Waals surface area contributed by atoms with Crippen molar-refractivity contribution >= 4 is 30.2 Å². The highest BCUT2D eigenvalue weighted by atomic mass is 16.4. The average Bonchev–Trinajstić information content (AvgIpc) is 2.18. The summed E-state index contributed by atoms with van der Waals surface area (Å²) in [5, 5.41) is 37.7. The molecule has 0 aromatic rings. The van der Waals surface area contributed by atoms with Crippen molar-refractivity contribution < 1.29 is 49.5 Å². The van der Waals surface area contributed by atoms with E-state index in [1.165, 1.54) is 6.92 Å². The first-order chi connectivity index (χ1) is 8.43. The second-order valence-corrected chi connectivity index (χ2v) is 2.50. The topological polar surface area (TPSA) is 186 Å². The lowest BCUT2D eigenvalue weighted by Gasteiger charge is -1.89. The Balaban J connectivity index is -0.0000000821. The number of carbonyl (C=O) groups excluding carboxylic acids is 1. The number of ketones is 1. The second-order valence-electron chi connectivity index (χ2n) is 2.50. The summed E-state index contributed by atoms with van der Waals surface area (Å²) in [6.45, 7) is 3.03. The Bertz CT molecular complexity index is 277. The molecule has 0 aromatic heterocycles. The van der Waals surface area contributed by atoms with Gasteiger partial charge in [0.1, 0.15) is 6.10 Å². The molecule has 1 atom stereocenters. The molecule has 1 unspecified atom stereocenters. The lowest BCUT2D eigenvalue weighted by molar-refractivity contribution is -0.148. The van der Waals surface area contributed by atoms with Crippen molar-refractivity contribution in [1.29, 1.82) is 0 Å². The van der Waals surface area contributed by atoms with Gasteiger partial charge in [-0.05, 0) is 6.92 Å². The van der Waals surface area contributed by atoms with E-state index >= 15 is 0 Å². The molecule has 112 valence electrons. The summed E-state index contributed by atoms with van der Waals surface area (Å²) in [6, 6.07) is 0. The molecule has 0 bridgehead atoms. The highest BCUT2D eigenvalue weighted by Crippen LogP contribution is 1.73. The number of carboxylic acid groups (broad SMARTS) is 4. The maximum atomic E-state index is 9.54. The van der Waals surface area contributed by atoms with Crippen LogP contribution in [0.3, 0.4) is 0 Å². The second kappa shape index (κ2) is 17.9. The predicted molar refractivity (Wildman–Crippen MR) is 59.6 cm³/mol. The van der Waals surface area contributed by atoms with Crippen LogP contribution in [0.1, 0.15) is 20.8 Å². The van der Waals surface area contributed by atoms with E-state index in [4.69, 9.17) is 35.1 Å². The van der Waals surface area contributed by atoms with Gasteiger partial charge in [-0.2, -0.15) is 0 Å². The molecule has 0 aliphatic rings. The van der Waals surface area contributed by atoms with Gasteiger partial charge >= 0.3 is 11.9 Å². The molecule has 0 radical (unpaired) electrons. The molecule has 0 aliphatic carbocycles. The molecule has 0 rings (SSSR count). The Morgan fingerprint density at radius 3 is 1.11 bits per heavy atom. The van der Waals surface area contributed by atoms with E-state index in [1.54, 1.807) is 0 Å². The summed E-state index contributed by atoms with van der Waals surface area (Å²) in [5.74, 6) is -4.22. The van der Waals surface area contributed by atoms with Crippen molar-refractivity contribution in [3.63, 3.8) is 0 Å². The Kier molecular flexibility index (Phi) is 23.9. The van der Waals surface area contributed by atoms with E-state index in [9.17, 15) is 14.4 Å². The Morgan fingerprint density at radius 2 is 1.11 bits per heavy atom. The molecule has 0 aromatic carbocycles. The first kappa shape index (κ1) is 25.4. The molecule has 0 heterocycles. The van der Waals surface area contributed by atoms with Gasteiger partial charge in [-0.25, -0.2) is 9.59 Å². The van der Waals surface area contributed by atoms with Crippen molar-refractivity contribution in [3.8, 4) is 0 Å². The molecule has 10 heteroatoms. The molecule has 0 amide bonds. The van der Waals surface area contributed by atoms with E-state index in [2.05, 4.69) is 0 Å². The first-order valence-electron chi connectivity index (χ1n) is 4.36. The quantitative estimate of drug-likeness (QED) is 0.307. The van der Waals surface area contributed by atoms with Gasteiger partial charge in [0.15, 0.2) is 0 Å². The number of hydrogen-bond acceptors (Lipinski definition) is 6. The zero-order valence-electron chi connectivity index (χ0n) is 10.4. The molecule has 0 saturated heterocycles. The monoisotopic (exact) mass is 284 g/mol. The van der Waals surface area contributed by atoms with E-state index in [1.807, 2.05) is 0 Å². The molecular weight excluding hydrogens is 268 g/mol. The molecule has 0 aliphatic heterocycles. The van der Waals surface area contributed by atoms with Gasteiger partial charge in [-0.1, -0.05) is 0 Å². The lowest BCUT2D eigenvalue weighted by atomic mass is 10.4. The zero-order chi connectivity index (χ0) is 16.6. The van der Waals surface area contributed by atoms with Crippen molar-refractivity contribution in [2.75, 3.05) is 0 Å². The highest BCUT2D eigenvalue weighted by molar-refractivity contribution is 6.31. The number of Topliss-reactive ketones (excluding diaryl/α,β-unsaturated/α-hetero) is 1. The van der Waals surface area contributed by atoms with Gasteiger partial charge in [0.2, 0.25) is 5.78 Å². The molecule has 10 nitrogen and oxygen atoms in total. The van der Waals surface area contributed by atoms with Crippen LogP contribution >= 0.6 is 0 Å². The van der Waals surface area contributed by atoms with E-state index < -0.39 is 29.8 Å². The highest BCUT2D eigenvalue weighted by Gasteiger charge is 2.01.